The highest BCUT2D eigenvalue weighted by molar-refractivity contribution is 7.98. The lowest BCUT2D eigenvalue weighted by atomic mass is 9.95. The highest BCUT2D eigenvalue weighted by atomic mass is 32.2. The number of nitriles is 2. The smallest absolute Gasteiger partial charge is 0.143 e. The molecule has 0 radical (unpaired) electrons. The van der Waals surface area contributed by atoms with Gasteiger partial charge in [-0.15, -0.1) is 11.8 Å². The number of nitrogens with two attached hydrogens (primary N) is 1. The van der Waals surface area contributed by atoms with Crippen molar-refractivity contribution in [2.75, 3.05) is 12.3 Å². The summed E-state index contributed by atoms with van der Waals surface area (Å²) in [6, 6.07) is 15.7. The molecule has 0 amide bonds. The fourth-order valence-corrected chi connectivity index (χ4v) is 3.88. The Morgan fingerprint density at radius 2 is 1.74 bits per heavy atom. The van der Waals surface area contributed by atoms with Crippen molar-refractivity contribution in [3.8, 4) is 23.3 Å². The summed E-state index contributed by atoms with van der Waals surface area (Å²) >= 11 is 1.39. The van der Waals surface area contributed by atoms with Gasteiger partial charge in [-0.3, -0.25) is 4.98 Å². The predicted molar refractivity (Wildman–Crippen MR) is 124 cm³/mol. The number of aryl methyl sites for hydroxylation is 1. The average Bonchev–Trinajstić information content (AvgIpc) is 2.83. The maximum Gasteiger partial charge on any atom is 0.143 e. The largest absolute Gasteiger partial charge is 0.396 e. The lowest BCUT2D eigenvalue weighted by Gasteiger charge is -2.13. The number of benzene rings is 1. The summed E-state index contributed by atoms with van der Waals surface area (Å²) in [5.74, 6) is 0.694. The number of hydrogen-bond donors (Lipinski definition) is 2. The number of aliphatic hydroxyl groups excluding tert-OH is 1. The molecule has 158 valence electrons. The number of aromatic nitrogens is 2. The Morgan fingerprint density at radius 1 is 1.03 bits per heavy atom. The van der Waals surface area contributed by atoms with Crippen LogP contribution < -0.4 is 5.73 Å². The van der Waals surface area contributed by atoms with Gasteiger partial charge in [-0.1, -0.05) is 44.2 Å². The molecule has 2 aromatic heterocycles. The van der Waals surface area contributed by atoms with Crippen LogP contribution in [-0.2, 0) is 12.2 Å². The fourth-order valence-electron chi connectivity index (χ4n) is 2.95. The normalized spacial score (nSPS) is 9.84. The van der Waals surface area contributed by atoms with E-state index in [-0.39, 0.29) is 18.0 Å². The summed E-state index contributed by atoms with van der Waals surface area (Å²) in [7, 11) is 0. The van der Waals surface area contributed by atoms with Crippen molar-refractivity contribution in [1.29, 1.82) is 10.5 Å². The Hall–Kier alpha value is -3.39. The monoisotopic (exact) mass is 431 g/mol. The molecule has 0 aliphatic carbocycles. The van der Waals surface area contributed by atoms with Crippen LogP contribution in [0, 0.1) is 22.7 Å². The molecule has 0 fully saturated rings. The molecule has 1 aromatic carbocycles. The predicted octanol–water partition coefficient (Wildman–Crippen LogP) is 4.71. The van der Waals surface area contributed by atoms with Crippen LogP contribution >= 0.6 is 11.8 Å². The van der Waals surface area contributed by atoms with Gasteiger partial charge in [-0.2, -0.15) is 10.5 Å². The first-order valence-corrected chi connectivity index (χ1v) is 11.0. The van der Waals surface area contributed by atoms with E-state index in [1.54, 1.807) is 12.4 Å². The van der Waals surface area contributed by atoms with Crippen molar-refractivity contribution in [3.05, 3.63) is 71.0 Å². The van der Waals surface area contributed by atoms with Gasteiger partial charge in [0.05, 0.1) is 5.56 Å². The molecular formula is C24H25N5OS. The molecule has 0 unspecified atom stereocenters. The van der Waals surface area contributed by atoms with Gasteiger partial charge in [0.2, 0.25) is 0 Å². The summed E-state index contributed by atoms with van der Waals surface area (Å²) in [5.41, 5.74) is 9.93. The average molecular weight is 432 g/mol. The summed E-state index contributed by atoms with van der Waals surface area (Å²) in [6.45, 7) is 4.14. The summed E-state index contributed by atoms with van der Waals surface area (Å²) in [4.78, 5) is 8.42. The first-order chi connectivity index (χ1) is 15.2. The number of hydrogen-bond acceptors (Lipinski definition) is 7. The van der Waals surface area contributed by atoms with Crippen molar-refractivity contribution >= 4 is 17.6 Å². The number of thioether (sulfide) groups is 1. The van der Waals surface area contributed by atoms with E-state index in [9.17, 15) is 10.5 Å². The quantitative estimate of drug-likeness (QED) is 0.520. The third-order valence-corrected chi connectivity index (χ3v) is 5.43. The van der Waals surface area contributed by atoms with Gasteiger partial charge in [0.15, 0.2) is 0 Å². The van der Waals surface area contributed by atoms with E-state index >= 15 is 0 Å². The number of nitrogens with zero attached hydrogens (tertiary/aromatic N) is 4. The number of aliphatic hydroxyl groups is 1. The minimum absolute atomic E-state index is 0.111. The van der Waals surface area contributed by atoms with Gasteiger partial charge in [0.25, 0.3) is 0 Å². The summed E-state index contributed by atoms with van der Waals surface area (Å²) in [6.07, 6.45) is 4.91. The SMILES string of the molecule is CC.N#Cc1c(N)nc(SCc2cccnc2)c(C#N)c1-c1ccc(CCCO)cc1. The van der Waals surface area contributed by atoms with Gasteiger partial charge in [0, 0.05) is 30.3 Å². The van der Waals surface area contributed by atoms with E-state index in [0.29, 0.717) is 28.3 Å². The molecule has 3 aromatic rings. The molecule has 6 nitrogen and oxygen atoms in total. The topological polar surface area (TPSA) is 120 Å². The molecule has 0 aliphatic rings. The molecule has 0 atom stereocenters. The van der Waals surface area contributed by atoms with Crippen LogP contribution in [0.25, 0.3) is 11.1 Å². The highest BCUT2D eigenvalue weighted by Gasteiger charge is 2.20. The van der Waals surface area contributed by atoms with Crippen molar-refractivity contribution < 1.29 is 5.11 Å². The van der Waals surface area contributed by atoms with E-state index in [1.807, 2.05) is 50.2 Å². The first-order valence-electron chi connectivity index (χ1n) is 10.0. The van der Waals surface area contributed by atoms with Crippen LogP contribution in [0.3, 0.4) is 0 Å². The minimum Gasteiger partial charge on any atom is -0.396 e. The zero-order chi connectivity index (χ0) is 22.6. The first kappa shape index (κ1) is 23.9. The van der Waals surface area contributed by atoms with E-state index in [1.165, 1.54) is 11.8 Å². The standard InChI is InChI=1S/C22H19N5OS.C2H6/c23-11-18-20(17-7-5-15(6-8-17)4-2-10-28)19(12-24)22(27-21(18)25)29-14-16-3-1-9-26-13-16;1-2/h1,3,5-9,13,28H,2,4,10,14H2,(H2,25,27);1-2H3. The van der Waals surface area contributed by atoms with E-state index < -0.39 is 0 Å². The van der Waals surface area contributed by atoms with Crippen molar-refractivity contribution in [2.24, 2.45) is 0 Å². The minimum atomic E-state index is 0.111. The van der Waals surface area contributed by atoms with Crippen molar-refractivity contribution in [3.63, 3.8) is 0 Å². The maximum absolute atomic E-state index is 9.85. The second kappa shape index (κ2) is 12.3. The molecule has 7 heteroatoms. The Labute approximate surface area is 187 Å². The number of rotatable bonds is 7. The Bertz CT molecular complexity index is 1070. The van der Waals surface area contributed by atoms with Crippen LogP contribution in [0.1, 0.15) is 42.5 Å². The molecule has 0 saturated carbocycles. The molecule has 3 N–H and O–H groups in total. The fraction of sp³-hybridized carbons (Fsp3) is 0.250. The van der Waals surface area contributed by atoms with Crippen LogP contribution in [0.4, 0.5) is 5.82 Å². The van der Waals surface area contributed by atoms with Gasteiger partial charge < -0.3 is 10.8 Å². The van der Waals surface area contributed by atoms with Gasteiger partial charge >= 0.3 is 0 Å². The molecule has 0 aliphatic heterocycles. The van der Waals surface area contributed by atoms with Crippen LogP contribution in [-0.4, -0.2) is 21.7 Å². The van der Waals surface area contributed by atoms with E-state index in [2.05, 4.69) is 22.1 Å². The lowest BCUT2D eigenvalue weighted by Crippen LogP contribution is -2.03. The highest BCUT2D eigenvalue weighted by Crippen LogP contribution is 2.36. The third-order valence-electron chi connectivity index (χ3n) is 4.38. The van der Waals surface area contributed by atoms with Gasteiger partial charge in [0.1, 0.15) is 28.5 Å². The maximum atomic E-state index is 9.85. The second-order valence-electron chi connectivity index (χ2n) is 6.32. The number of nitrogen functional groups attached to an aromatic ring is 1. The molecule has 0 bridgehead atoms. The zero-order valence-corrected chi connectivity index (χ0v) is 18.5. The van der Waals surface area contributed by atoms with Crippen LogP contribution in [0.15, 0.2) is 53.8 Å². The second-order valence-corrected chi connectivity index (χ2v) is 7.29. The van der Waals surface area contributed by atoms with Gasteiger partial charge in [-0.25, -0.2) is 4.98 Å². The molecule has 2 heterocycles. The Balaban J connectivity index is 0.00000166. The Kier molecular flexibility index (Phi) is 9.51. The summed E-state index contributed by atoms with van der Waals surface area (Å²) in [5, 5.41) is 29.0. The Morgan fingerprint density at radius 3 is 2.32 bits per heavy atom. The molecule has 0 saturated heterocycles. The van der Waals surface area contributed by atoms with Crippen LogP contribution in [0.5, 0.6) is 0 Å². The molecule has 31 heavy (non-hydrogen) atoms. The van der Waals surface area contributed by atoms with E-state index in [4.69, 9.17) is 10.8 Å². The number of anilines is 1. The molecule has 3 rings (SSSR count). The summed E-state index contributed by atoms with van der Waals surface area (Å²) < 4.78 is 0. The molecule has 0 spiro atoms. The van der Waals surface area contributed by atoms with E-state index in [0.717, 1.165) is 23.1 Å². The molecular weight excluding hydrogens is 406 g/mol. The van der Waals surface area contributed by atoms with Crippen molar-refractivity contribution in [2.45, 2.75) is 37.5 Å². The van der Waals surface area contributed by atoms with Crippen molar-refractivity contribution in [1.82, 2.24) is 9.97 Å². The lowest BCUT2D eigenvalue weighted by molar-refractivity contribution is 0.288. The van der Waals surface area contributed by atoms with Crippen LogP contribution in [0.2, 0.25) is 0 Å². The third kappa shape index (κ3) is 6.05. The zero-order valence-electron chi connectivity index (χ0n) is 17.7. The van der Waals surface area contributed by atoms with Gasteiger partial charge in [-0.05, 0) is 35.6 Å². The number of pyridine rings is 2.